The summed E-state index contributed by atoms with van der Waals surface area (Å²) in [7, 11) is 0. The molecule has 0 aromatic carbocycles. The molecule has 1 aliphatic heterocycles. The van der Waals surface area contributed by atoms with Gasteiger partial charge in [-0.2, -0.15) is 0 Å². The van der Waals surface area contributed by atoms with Crippen LogP contribution in [0.5, 0.6) is 0 Å². The van der Waals surface area contributed by atoms with Gasteiger partial charge in [-0.05, 0) is 19.8 Å². The van der Waals surface area contributed by atoms with E-state index in [2.05, 4.69) is 4.99 Å². The van der Waals surface area contributed by atoms with Crippen molar-refractivity contribution >= 4 is 17.7 Å². The van der Waals surface area contributed by atoms with Crippen LogP contribution in [-0.4, -0.2) is 23.7 Å². The number of hydrogen-bond donors (Lipinski definition) is 0. The highest BCUT2D eigenvalue weighted by Gasteiger charge is 2.36. The largest absolute Gasteiger partial charge is 0.410 e. The summed E-state index contributed by atoms with van der Waals surface area (Å²) >= 11 is 0. The molecule has 0 N–H and O–H groups in total. The number of nitrogens with zero attached hydrogens (tertiary/aromatic N) is 1. The van der Waals surface area contributed by atoms with Crippen molar-refractivity contribution in [3.05, 3.63) is 0 Å². The first kappa shape index (κ1) is 9.37. The Bertz CT molecular complexity index is 302. The van der Waals surface area contributed by atoms with Crippen molar-refractivity contribution in [3.8, 4) is 0 Å². The van der Waals surface area contributed by atoms with Crippen molar-refractivity contribution < 1.29 is 14.3 Å². The summed E-state index contributed by atoms with van der Waals surface area (Å²) in [4.78, 5) is 26.3. The highest BCUT2D eigenvalue weighted by molar-refractivity contribution is 6.11. The van der Waals surface area contributed by atoms with Crippen molar-refractivity contribution in [2.45, 2.75) is 38.6 Å². The summed E-state index contributed by atoms with van der Waals surface area (Å²) < 4.78 is 5.01. The number of rotatable bonds is 2. The maximum Gasteiger partial charge on any atom is 0.345 e. The van der Waals surface area contributed by atoms with Gasteiger partial charge < -0.3 is 4.74 Å². The summed E-state index contributed by atoms with van der Waals surface area (Å²) in [6.07, 6.45) is 4.37. The smallest absolute Gasteiger partial charge is 0.345 e. The molecule has 1 atom stereocenters. The molecular weight excluding hydrogens is 182 g/mol. The van der Waals surface area contributed by atoms with Gasteiger partial charge in [0.25, 0.3) is 0 Å². The highest BCUT2D eigenvalue weighted by Crippen LogP contribution is 2.29. The van der Waals surface area contributed by atoms with Crippen LogP contribution < -0.4 is 0 Å². The number of hydrogen-bond acceptors (Lipinski definition) is 4. The predicted molar refractivity (Wildman–Crippen MR) is 50.0 cm³/mol. The molecule has 4 heteroatoms. The van der Waals surface area contributed by atoms with Crippen LogP contribution in [0.2, 0.25) is 0 Å². The minimum absolute atomic E-state index is 0.233. The van der Waals surface area contributed by atoms with Crippen molar-refractivity contribution in [1.29, 1.82) is 0 Å². The fraction of sp³-hybridized carbons (Fsp3) is 0.700. The van der Waals surface area contributed by atoms with E-state index >= 15 is 0 Å². The van der Waals surface area contributed by atoms with E-state index in [-0.39, 0.29) is 11.7 Å². The van der Waals surface area contributed by atoms with Gasteiger partial charge in [0, 0.05) is 5.92 Å². The molecule has 0 spiro atoms. The van der Waals surface area contributed by atoms with E-state index in [1.54, 1.807) is 0 Å². The molecule has 1 fully saturated rings. The van der Waals surface area contributed by atoms with Crippen LogP contribution in [-0.2, 0) is 14.3 Å². The summed E-state index contributed by atoms with van der Waals surface area (Å²) in [5, 5.41) is 0. The lowest BCUT2D eigenvalue weighted by Gasteiger charge is -2.05. The van der Waals surface area contributed by atoms with E-state index in [1.807, 2.05) is 0 Å². The van der Waals surface area contributed by atoms with Gasteiger partial charge in [0.15, 0.2) is 11.7 Å². The van der Waals surface area contributed by atoms with E-state index in [1.165, 1.54) is 6.92 Å². The van der Waals surface area contributed by atoms with E-state index in [9.17, 15) is 9.59 Å². The summed E-state index contributed by atoms with van der Waals surface area (Å²) in [6.45, 7) is 1.37. The Kier molecular flexibility index (Phi) is 2.35. The summed E-state index contributed by atoms with van der Waals surface area (Å²) in [6, 6.07) is -0.884. The van der Waals surface area contributed by atoms with E-state index in [4.69, 9.17) is 4.74 Å². The quantitative estimate of drug-likeness (QED) is 0.489. The van der Waals surface area contributed by atoms with Crippen molar-refractivity contribution in [2.75, 3.05) is 0 Å². The minimum atomic E-state index is -0.884. The Morgan fingerprint density at radius 2 is 2.07 bits per heavy atom. The number of Topliss-reactive ketones (excluding diaryl/α,β-unsaturated/α-hetero) is 1. The first-order valence-corrected chi connectivity index (χ1v) is 4.98. The first-order chi connectivity index (χ1) is 6.68. The van der Waals surface area contributed by atoms with Gasteiger partial charge in [-0.15, -0.1) is 0 Å². The maximum absolute atomic E-state index is 11.2. The fourth-order valence-corrected chi connectivity index (χ4v) is 1.98. The Morgan fingerprint density at radius 3 is 2.57 bits per heavy atom. The lowest BCUT2D eigenvalue weighted by atomic mass is 10.1. The van der Waals surface area contributed by atoms with Crippen LogP contribution in [0.25, 0.3) is 0 Å². The van der Waals surface area contributed by atoms with Crippen LogP contribution >= 0.6 is 0 Å². The molecule has 0 radical (unpaired) electrons. The van der Waals surface area contributed by atoms with Crippen molar-refractivity contribution in [3.63, 3.8) is 0 Å². The first-order valence-electron chi connectivity index (χ1n) is 4.98. The number of esters is 1. The molecule has 0 saturated heterocycles. The van der Waals surface area contributed by atoms with Crippen LogP contribution in [0.4, 0.5) is 0 Å². The minimum Gasteiger partial charge on any atom is -0.410 e. The number of ether oxygens (including phenoxy) is 1. The average molecular weight is 195 g/mol. The monoisotopic (exact) mass is 195 g/mol. The number of cyclic esters (lactones) is 1. The van der Waals surface area contributed by atoms with Gasteiger partial charge >= 0.3 is 5.97 Å². The average Bonchev–Trinajstić information content (AvgIpc) is 2.70. The third-order valence-corrected chi connectivity index (χ3v) is 2.77. The molecule has 0 aromatic rings. The van der Waals surface area contributed by atoms with Crippen LogP contribution in [0.15, 0.2) is 4.99 Å². The molecule has 4 nitrogen and oxygen atoms in total. The fourth-order valence-electron chi connectivity index (χ4n) is 1.98. The Balaban J connectivity index is 2.11. The SMILES string of the molecule is CC(=O)C1N=C(C2CCCC2)OC1=O. The zero-order valence-electron chi connectivity index (χ0n) is 8.16. The lowest BCUT2D eigenvalue weighted by molar-refractivity contribution is -0.138. The number of carbonyl (C=O) groups excluding carboxylic acids is 2. The molecule has 1 heterocycles. The van der Waals surface area contributed by atoms with E-state index in [0.29, 0.717) is 5.90 Å². The second kappa shape index (κ2) is 3.52. The van der Waals surface area contributed by atoms with E-state index in [0.717, 1.165) is 25.7 Å². The van der Waals surface area contributed by atoms with Gasteiger partial charge in [0.1, 0.15) is 0 Å². The van der Waals surface area contributed by atoms with Crippen LogP contribution in [0, 0.1) is 5.92 Å². The van der Waals surface area contributed by atoms with Crippen molar-refractivity contribution in [2.24, 2.45) is 10.9 Å². The standard InChI is InChI=1S/C10H13NO3/c1-6(12)8-10(13)14-9(11-8)7-4-2-3-5-7/h7-8H,2-5H2,1H3. The second-order valence-electron chi connectivity index (χ2n) is 3.88. The lowest BCUT2D eigenvalue weighted by Crippen LogP contribution is -2.22. The zero-order valence-corrected chi connectivity index (χ0v) is 8.16. The van der Waals surface area contributed by atoms with Gasteiger partial charge in [-0.3, -0.25) is 4.79 Å². The highest BCUT2D eigenvalue weighted by atomic mass is 16.6. The Hall–Kier alpha value is -1.19. The summed E-state index contributed by atoms with van der Waals surface area (Å²) in [5.41, 5.74) is 0. The number of ketones is 1. The van der Waals surface area contributed by atoms with Crippen LogP contribution in [0.1, 0.15) is 32.6 Å². The summed E-state index contributed by atoms with van der Waals surface area (Å²) in [5.74, 6) is 0.0263. The maximum atomic E-state index is 11.2. The van der Waals surface area contributed by atoms with Gasteiger partial charge in [0.05, 0.1) is 0 Å². The van der Waals surface area contributed by atoms with Gasteiger partial charge in [-0.1, -0.05) is 12.8 Å². The predicted octanol–water partition coefficient (Wildman–Crippen LogP) is 1.09. The van der Waals surface area contributed by atoms with Gasteiger partial charge in [-0.25, -0.2) is 9.79 Å². The normalized spacial score (nSPS) is 27.6. The third kappa shape index (κ3) is 1.56. The second-order valence-corrected chi connectivity index (χ2v) is 3.88. The molecule has 1 aliphatic carbocycles. The number of aliphatic imine (C=N–C) groups is 1. The molecule has 2 rings (SSSR count). The van der Waals surface area contributed by atoms with Crippen LogP contribution in [0.3, 0.4) is 0 Å². The molecule has 14 heavy (non-hydrogen) atoms. The molecular formula is C10H13NO3. The third-order valence-electron chi connectivity index (χ3n) is 2.77. The zero-order chi connectivity index (χ0) is 10.1. The molecule has 0 aromatic heterocycles. The molecule has 0 bridgehead atoms. The van der Waals surface area contributed by atoms with Crippen molar-refractivity contribution in [1.82, 2.24) is 0 Å². The molecule has 0 amide bonds. The molecule has 1 unspecified atom stereocenters. The molecule has 1 saturated carbocycles. The Morgan fingerprint density at radius 1 is 1.43 bits per heavy atom. The van der Waals surface area contributed by atoms with E-state index < -0.39 is 12.0 Å². The number of carbonyl (C=O) groups is 2. The molecule has 2 aliphatic rings. The Labute approximate surface area is 82.3 Å². The molecule has 76 valence electrons. The topological polar surface area (TPSA) is 55.7 Å². The van der Waals surface area contributed by atoms with Gasteiger partial charge in [0.2, 0.25) is 6.04 Å².